The predicted molar refractivity (Wildman–Crippen MR) is 70.6 cm³/mol. The van der Waals surface area contributed by atoms with Gasteiger partial charge in [-0.25, -0.2) is 9.78 Å². The maximum Gasteiger partial charge on any atom is 0.337 e. The van der Waals surface area contributed by atoms with Gasteiger partial charge >= 0.3 is 5.97 Å². The molecule has 0 aliphatic heterocycles. The lowest BCUT2D eigenvalue weighted by atomic mass is 10.0. The fraction of sp³-hybridized carbons (Fsp3) is 0. The molecule has 18 heavy (non-hydrogen) atoms. The van der Waals surface area contributed by atoms with Gasteiger partial charge in [0.05, 0.1) is 16.6 Å². The Kier molecular flexibility index (Phi) is 2.16. The number of benzene rings is 2. The van der Waals surface area contributed by atoms with E-state index in [0.29, 0.717) is 27.5 Å². The molecule has 0 atom stereocenters. The number of carboxylic acids is 1. The summed E-state index contributed by atoms with van der Waals surface area (Å²) in [7, 11) is 0. The molecular weight excluding hydrogens is 228 g/mol. The van der Waals surface area contributed by atoms with Crippen molar-refractivity contribution in [3.05, 3.63) is 48.0 Å². The number of aromatic nitrogens is 1. The van der Waals surface area contributed by atoms with Crippen LogP contribution in [0.15, 0.2) is 42.5 Å². The van der Waals surface area contributed by atoms with Crippen LogP contribution in [0.1, 0.15) is 10.4 Å². The Hall–Kier alpha value is -2.62. The molecule has 0 unspecified atom stereocenters. The first-order valence-corrected chi connectivity index (χ1v) is 5.48. The van der Waals surface area contributed by atoms with Gasteiger partial charge in [-0.2, -0.15) is 0 Å². The maximum atomic E-state index is 11.5. The Morgan fingerprint density at radius 2 is 1.78 bits per heavy atom. The highest BCUT2D eigenvalue weighted by Gasteiger charge is 2.16. The average Bonchev–Trinajstić information content (AvgIpc) is 2.36. The molecule has 0 spiro atoms. The standard InChI is InChI=1S/C14H10N2O2/c15-9-5-3-7-11-13(9)12(14(17)18)8-4-1-2-6-10(8)16-11/h1-7H,15H2,(H,17,18). The minimum atomic E-state index is -0.989. The number of nitrogen functional groups attached to an aromatic ring is 1. The van der Waals surface area contributed by atoms with Gasteiger partial charge in [0, 0.05) is 16.5 Å². The molecule has 2 aromatic carbocycles. The quantitative estimate of drug-likeness (QED) is 0.504. The van der Waals surface area contributed by atoms with E-state index in [1.54, 1.807) is 36.4 Å². The monoisotopic (exact) mass is 238 g/mol. The van der Waals surface area contributed by atoms with Crippen LogP contribution in [0.5, 0.6) is 0 Å². The molecule has 3 N–H and O–H groups in total. The lowest BCUT2D eigenvalue weighted by Crippen LogP contribution is -2.03. The Labute approximate surface area is 103 Å². The average molecular weight is 238 g/mol. The number of carboxylic acid groups (broad SMARTS) is 1. The van der Waals surface area contributed by atoms with Crippen LogP contribution in [0.4, 0.5) is 5.69 Å². The molecular formula is C14H10N2O2. The van der Waals surface area contributed by atoms with Gasteiger partial charge in [-0.1, -0.05) is 24.3 Å². The van der Waals surface area contributed by atoms with Crippen LogP contribution in [0.3, 0.4) is 0 Å². The highest BCUT2D eigenvalue weighted by atomic mass is 16.4. The topological polar surface area (TPSA) is 76.2 Å². The first-order valence-electron chi connectivity index (χ1n) is 5.48. The molecule has 0 aliphatic carbocycles. The van der Waals surface area contributed by atoms with E-state index in [0.717, 1.165) is 0 Å². The van der Waals surface area contributed by atoms with Gasteiger partial charge in [-0.15, -0.1) is 0 Å². The van der Waals surface area contributed by atoms with E-state index < -0.39 is 5.97 Å². The van der Waals surface area contributed by atoms with Crippen LogP contribution in [0, 0.1) is 0 Å². The molecule has 0 fully saturated rings. The van der Waals surface area contributed by atoms with Crippen molar-refractivity contribution >= 4 is 33.5 Å². The van der Waals surface area contributed by atoms with Crippen molar-refractivity contribution in [3.63, 3.8) is 0 Å². The van der Waals surface area contributed by atoms with E-state index in [1.807, 2.05) is 6.07 Å². The molecule has 3 aromatic rings. The molecule has 88 valence electrons. The van der Waals surface area contributed by atoms with E-state index in [4.69, 9.17) is 5.73 Å². The van der Waals surface area contributed by atoms with Gasteiger partial charge in [-0.3, -0.25) is 0 Å². The number of pyridine rings is 1. The van der Waals surface area contributed by atoms with E-state index in [-0.39, 0.29) is 5.56 Å². The van der Waals surface area contributed by atoms with Gasteiger partial charge in [-0.05, 0) is 18.2 Å². The van der Waals surface area contributed by atoms with E-state index >= 15 is 0 Å². The van der Waals surface area contributed by atoms with Crippen molar-refractivity contribution in [2.75, 3.05) is 5.73 Å². The summed E-state index contributed by atoms with van der Waals surface area (Å²) in [6.45, 7) is 0. The second-order valence-corrected chi connectivity index (χ2v) is 4.05. The second kappa shape index (κ2) is 3.70. The number of nitrogens with zero attached hydrogens (tertiary/aromatic N) is 1. The van der Waals surface area contributed by atoms with Gasteiger partial charge in [0.25, 0.3) is 0 Å². The summed E-state index contributed by atoms with van der Waals surface area (Å²) in [5.41, 5.74) is 7.80. The molecule has 4 heteroatoms. The molecule has 1 aromatic heterocycles. The third-order valence-electron chi connectivity index (χ3n) is 2.95. The highest BCUT2D eigenvalue weighted by Crippen LogP contribution is 2.29. The van der Waals surface area contributed by atoms with E-state index in [2.05, 4.69) is 4.98 Å². The molecule has 3 rings (SSSR count). The summed E-state index contributed by atoms with van der Waals surface area (Å²) < 4.78 is 0. The summed E-state index contributed by atoms with van der Waals surface area (Å²) in [6, 6.07) is 12.4. The van der Waals surface area contributed by atoms with Crippen molar-refractivity contribution in [3.8, 4) is 0 Å². The highest BCUT2D eigenvalue weighted by molar-refractivity contribution is 6.16. The number of fused-ring (bicyclic) bond motifs is 2. The molecule has 1 heterocycles. The smallest absolute Gasteiger partial charge is 0.337 e. The van der Waals surface area contributed by atoms with Crippen LogP contribution < -0.4 is 5.73 Å². The van der Waals surface area contributed by atoms with Crippen LogP contribution in [-0.4, -0.2) is 16.1 Å². The zero-order chi connectivity index (χ0) is 12.7. The van der Waals surface area contributed by atoms with Crippen molar-refractivity contribution < 1.29 is 9.90 Å². The van der Waals surface area contributed by atoms with Crippen LogP contribution >= 0.6 is 0 Å². The second-order valence-electron chi connectivity index (χ2n) is 4.05. The fourth-order valence-electron chi connectivity index (χ4n) is 2.19. The summed E-state index contributed by atoms with van der Waals surface area (Å²) in [4.78, 5) is 15.9. The minimum absolute atomic E-state index is 0.216. The lowest BCUT2D eigenvalue weighted by Gasteiger charge is -2.08. The molecule has 0 bridgehead atoms. The largest absolute Gasteiger partial charge is 0.478 e. The molecule has 0 radical (unpaired) electrons. The van der Waals surface area contributed by atoms with Crippen molar-refractivity contribution in [1.29, 1.82) is 0 Å². The molecule has 0 saturated carbocycles. The lowest BCUT2D eigenvalue weighted by molar-refractivity contribution is 0.0701. The number of hydrogen-bond donors (Lipinski definition) is 2. The maximum absolute atomic E-state index is 11.5. The number of hydrogen-bond acceptors (Lipinski definition) is 3. The molecule has 0 amide bonds. The zero-order valence-electron chi connectivity index (χ0n) is 9.42. The van der Waals surface area contributed by atoms with Crippen molar-refractivity contribution in [1.82, 2.24) is 4.98 Å². The molecule has 4 nitrogen and oxygen atoms in total. The zero-order valence-corrected chi connectivity index (χ0v) is 9.42. The van der Waals surface area contributed by atoms with Crippen LogP contribution in [-0.2, 0) is 0 Å². The summed E-state index contributed by atoms with van der Waals surface area (Å²) >= 11 is 0. The Balaban J connectivity index is 2.64. The Morgan fingerprint density at radius 3 is 2.56 bits per heavy atom. The molecule has 0 aliphatic rings. The summed E-state index contributed by atoms with van der Waals surface area (Å²) in [5, 5.41) is 10.5. The van der Waals surface area contributed by atoms with E-state index in [1.165, 1.54) is 0 Å². The van der Waals surface area contributed by atoms with E-state index in [9.17, 15) is 9.90 Å². The van der Waals surface area contributed by atoms with Gasteiger partial charge in [0.15, 0.2) is 0 Å². The first kappa shape index (κ1) is 10.5. The SMILES string of the molecule is Nc1cccc2nc3ccccc3c(C(=O)O)c12. The number of para-hydroxylation sites is 1. The summed E-state index contributed by atoms with van der Waals surface area (Å²) in [6.07, 6.45) is 0. The fourth-order valence-corrected chi connectivity index (χ4v) is 2.19. The third-order valence-corrected chi connectivity index (χ3v) is 2.95. The van der Waals surface area contributed by atoms with Gasteiger partial charge in [0.1, 0.15) is 0 Å². The van der Waals surface area contributed by atoms with Gasteiger partial charge < -0.3 is 10.8 Å². The van der Waals surface area contributed by atoms with Crippen molar-refractivity contribution in [2.45, 2.75) is 0 Å². The van der Waals surface area contributed by atoms with Crippen LogP contribution in [0.25, 0.3) is 21.8 Å². The number of anilines is 1. The minimum Gasteiger partial charge on any atom is -0.478 e. The van der Waals surface area contributed by atoms with Gasteiger partial charge in [0.2, 0.25) is 0 Å². The first-order chi connectivity index (χ1) is 8.68. The van der Waals surface area contributed by atoms with Crippen LogP contribution in [0.2, 0.25) is 0 Å². The normalized spacial score (nSPS) is 10.9. The Morgan fingerprint density at radius 1 is 1.06 bits per heavy atom. The number of nitrogens with two attached hydrogens (primary N) is 1. The summed E-state index contributed by atoms with van der Waals surface area (Å²) in [5.74, 6) is -0.989. The number of rotatable bonds is 1. The Bertz CT molecular complexity index is 781. The predicted octanol–water partition coefficient (Wildman–Crippen LogP) is 2.67. The number of carbonyl (C=O) groups is 1. The van der Waals surface area contributed by atoms with Crippen molar-refractivity contribution in [2.24, 2.45) is 0 Å². The number of aromatic carboxylic acids is 1. The molecule has 0 saturated heterocycles. The third kappa shape index (κ3) is 1.39.